The quantitative estimate of drug-likeness (QED) is 0.204. The molecule has 0 saturated carbocycles. The van der Waals surface area contributed by atoms with Gasteiger partial charge in [0.15, 0.2) is 0 Å². The fourth-order valence-corrected chi connectivity index (χ4v) is 2.08. The number of rotatable bonds is 14. The first-order chi connectivity index (χ1) is 11.3. The van der Waals surface area contributed by atoms with E-state index in [0.717, 1.165) is 45.3 Å². The molecule has 1 rings (SSSR count). The van der Waals surface area contributed by atoms with E-state index in [1.54, 1.807) is 0 Å². The Morgan fingerprint density at radius 1 is 0.875 bits per heavy atom. The fraction of sp³-hybridized carbons (Fsp3) is 0.750. The van der Waals surface area contributed by atoms with Gasteiger partial charge in [0, 0.05) is 5.97 Å². The van der Waals surface area contributed by atoms with Gasteiger partial charge in [-0.3, -0.25) is 0 Å². The van der Waals surface area contributed by atoms with Crippen molar-refractivity contribution < 1.29 is 66.0 Å². The van der Waals surface area contributed by atoms with Gasteiger partial charge in [0.05, 0.1) is 13.2 Å². The average Bonchev–Trinajstić information content (AvgIpc) is 3.39. The van der Waals surface area contributed by atoms with E-state index in [9.17, 15) is 9.90 Å². The number of carbonyl (C=O) groups is 1. The van der Waals surface area contributed by atoms with Crippen molar-refractivity contribution in [3.05, 3.63) is 24.3 Å². The third kappa shape index (κ3) is 30.4. The van der Waals surface area contributed by atoms with Gasteiger partial charge in [-0.05, 0) is 44.9 Å². The Hall–Kier alpha value is 0.546. The van der Waals surface area contributed by atoms with Gasteiger partial charge in [-0.1, -0.05) is 63.3 Å². The van der Waals surface area contributed by atoms with Crippen LogP contribution in [0.1, 0.15) is 84.0 Å². The standard InChI is InChI=1S/C18H32O2.C2H4O.K/c1-2-3-4-5-6-7-8-9-10-11-12-13-14-15-16-17-18(19)20;1-2-3-1;/h6-7,9-10H,2-5,8,11-17H2,1H3,(H,19,20);1-2H2;/q;;+1/p-1/b7-6-,10-9-;;. The second-order valence-electron chi connectivity index (χ2n) is 5.97. The topological polar surface area (TPSA) is 52.7 Å². The van der Waals surface area contributed by atoms with Crippen molar-refractivity contribution >= 4 is 5.97 Å². The largest absolute Gasteiger partial charge is 1.00 e. The molecule has 3 nitrogen and oxygen atoms in total. The van der Waals surface area contributed by atoms with Crippen LogP contribution in [-0.2, 0) is 9.53 Å². The Bertz CT molecular complexity index is 309. The SMILES string of the molecule is C1CO1.CCCCC/C=C\C/C=C\CCCCCCCC(=O)[O-].[K+]. The first kappa shape index (κ1) is 26.8. The number of carboxylic acid groups (broad SMARTS) is 1. The van der Waals surface area contributed by atoms with Gasteiger partial charge in [0.25, 0.3) is 0 Å². The normalized spacial score (nSPS) is 12.7. The van der Waals surface area contributed by atoms with Gasteiger partial charge in [0.1, 0.15) is 0 Å². The molecule has 0 aromatic heterocycles. The molecule has 1 aliphatic heterocycles. The van der Waals surface area contributed by atoms with E-state index in [-0.39, 0.29) is 57.8 Å². The smallest absolute Gasteiger partial charge is 0.550 e. The van der Waals surface area contributed by atoms with E-state index in [1.165, 1.54) is 38.5 Å². The number of carboxylic acids is 1. The van der Waals surface area contributed by atoms with Gasteiger partial charge >= 0.3 is 51.4 Å². The molecule has 0 aliphatic carbocycles. The minimum Gasteiger partial charge on any atom is -0.550 e. The van der Waals surface area contributed by atoms with E-state index >= 15 is 0 Å². The molecule has 1 fully saturated rings. The Labute approximate surface area is 191 Å². The summed E-state index contributed by atoms with van der Waals surface area (Å²) in [5, 5.41) is 10.2. The molecule has 0 radical (unpaired) electrons. The first-order valence-electron chi connectivity index (χ1n) is 9.35. The average molecular weight is 363 g/mol. The van der Waals surface area contributed by atoms with Crippen LogP contribution in [0, 0.1) is 0 Å². The number of carbonyl (C=O) groups excluding carboxylic acids is 1. The molecule has 0 atom stereocenters. The van der Waals surface area contributed by atoms with Gasteiger partial charge in [0.2, 0.25) is 0 Å². The second kappa shape index (κ2) is 23.5. The Kier molecular flexibility index (Phi) is 26.3. The van der Waals surface area contributed by atoms with Crippen LogP contribution in [0.3, 0.4) is 0 Å². The molecule has 1 aliphatic rings. The molecular weight excluding hydrogens is 327 g/mol. The molecule has 0 unspecified atom stereocenters. The summed E-state index contributed by atoms with van der Waals surface area (Å²) < 4.78 is 4.50. The zero-order valence-electron chi connectivity index (χ0n) is 15.9. The Balaban J connectivity index is 0. The van der Waals surface area contributed by atoms with Crippen molar-refractivity contribution in [2.75, 3.05) is 13.2 Å². The molecule has 1 heterocycles. The third-order valence-electron chi connectivity index (χ3n) is 3.54. The van der Waals surface area contributed by atoms with Gasteiger partial charge in [-0.25, -0.2) is 0 Å². The van der Waals surface area contributed by atoms with E-state index in [0.29, 0.717) is 0 Å². The van der Waals surface area contributed by atoms with Crippen LogP contribution in [0.5, 0.6) is 0 Å². The van der Waals surface area contributed by atoms with Gasteiger partial charge in [-0.15, -0.1) is 0 Å². The molecule has 0 spiro atoms. The molecule has 1 saturated heterocycles. The van der Waals surface area contributed by atoms with Gasteiger partial charge in [-0.2, -0.15) is 0 Å². The maximum atomic E-state index is 10.2. The van der Waals surface area contributed by atoms with E-state index in [1.807, 2.05) is 0 Å². The number of hydrogen-bond donors (Lipinski definition) is 0. The van der Waals surface area contributed by atoms with Crippen molar-refractivity contribution in [2.45, 2.75) is 84.0 Å². The minimum atomic E-state index is -0.921. The molecule has 0 bridgehead atoms. The summed E-state index contributed by atoms with van der Waals surface area (Å²) in [6, 6.07) is 0. The zero-order valence-corrected chi connectivity index (χ0v) is 19.1. The van der Waals surface area contributed by atoms with E-state index < -0.39 is 5.97 Å². The molecule has 0 aromatic carbocycles. The van der Waals surface area contributed by atoms with Crippen molar-refractivity contribution in [3.8, 4) is 0 Å². The molecule has 0 amide bonds. The maximum Gasteiger partial charge on any atom is 1.00 e. The van der Waals surface area contributed by atoms with Crippen molar-refractivity contribution in [1.29, 1.82) is 0 Å². The van der Waals surface area contributed by atoms with Gasteiger partial charge < -0.3 is 14.6 Å². The molecule has 0 N–H and O–H groups in total. The van der Waals surface area contributed by atoms with E-state index in [2.05, 4.69) is 36.0 Å². The van der Waals surface area contributed by atoms with E-state index in [4.69, 9.17) is 0 Å². The number of allylic oxidation sites excluding steroid dienone is 4. The van der Waals surface area contributed by atoms with Crippen LogP contribution in [0.15, 0.2) is 24.3 Å². The van der Waals surface area contributed by atoms with Crippen molar-refractivity contribution in [1.82, 2.24) is 0 Å². The van der Waals surface area contributed by atoms with Crippen LogP contribution < -0.4 is 56.5 Å². The number of aliphatic carboxylic acids is 1. The number of unbranched alkanes of at least 4 members (excludes halogenated alkanes) is 8. The van der Waals surface area contributed by atoms with Crippen LogP contribution in [-0.4, -0.2) is 19.2 Å². The molecule has 4 heteroatoms. The fourth-order valence-electron chi connectivity index (χ4n) is 2.08. The Morgan fingerprint density at radius 3 is 1.88 bits per heavy atom. The number of hydrogen-bond acceptors (Lipinski definition) is 3. The second-order valence-corrected chi connectivity index (χ2v) is 5.97. The predicted molar refractivity (Wildman–Crippen MR) is 95.2 cm³/mol. The number of ether oxygens (including phenoxy) is 1. The molecule has 24 heavy (non-hydrogen) atoms. The monoisotopic (exact) mass is 362 g/mol. The van der Waals surface area contributed by atoms with Crippen LogP contribution >= 0.6 is 0 Å². The minimum absolute atomic E-state index is 0. The summed E-state index contributed by atoms with van der Waals surface area (Å²) in [7, 11) is 0. The summed E-state index contributed by atoms with van der Waals surface area (Å²) in [5.41, 5.74) is 0. The molecular formula is C20H35KO3. The van der Waals surface area contributed by atoms with Crippen LogP contribution in [0.25, 0.3) is 0 Å². The van der Waals surface area contributed by atoms with Crippen LogP contribution in [0.2, 0.25) is 0 Å². The van der Waals surface area contributed by atoms with Crippen molar-refractivity contribution in [3.63, 3.8) is 0 Å². The summed E-state index contributed by atoms with van der Waals surface area (Å²) in [6.07, 6.45) is 21.9. The Morgan fingerprint density at radius 2 is 1.38 bits per heavy atom. The summed E-state index contributed by atoms with van der Waals surface area (Å²) in [4.78, 5) is 10.2. The third-order valence-corrected chi connectivity index (χ3v) is 3.54. The van der Waals surface area contributed by atoms with Crippen LogP contribution in [0.4, 0.5) is 0 Å². The summed E-state index contributed by atoms with van der Waals surface area (Å²) >= 11 is 0. The summed E-state index contributed by atoms with van der Waals surface area (Å²) in [5.74, 6) is -0.921. The first-order valence-corrected chi connectivity index (χ1v) is 9.35. The number of epoxide rings is 1. The maximum absolute atomic E-state index is 10.2. The van der Waals surface area contributed by atoms with Crippen molar-refractivity contribution in [2.24, 2.45) is 0 Å². The molecule has 0 aromatic rings. The summed E-state index contributed by atoms with van der Waals surface area (Å²) in [6.45, 7) is 4.23. The predicted octanol–water partition coefficient (Wildman–Crippen LogP) is 1.57. The molecule has 134 valence electrons. The zero-order chi connectivity index (χ0) is 17.0.